The third-order valence-corrected chi connectivity index (χ3v) is 5.36. The van der Waals surface area contributed by atoms with E-state index in [9.17, 15) is 0 Å². The second kappa shape index (κ2) is 7.64. The van der Waals surface area contributed by atoms with Crippen molar-refractivity contribution in [1.29, 1.82) is 0 Å². The van der Waals surface area contributed by atoms with Gasteiger partial charge >= 0.3 is 0 Å². The summed E-state index contributed by atoms with van der Waals surface area (Å²) < 4.78 is 0. The van der Waals surface area contributed by atoms with Gasteiger partial charge in [0.2, 0.25) is 0 Å². The van der Waals surface area contributed by atoms with Crippen molar-refractivity contribution in [3.8, 4) is 33.4 Å². The van der Waals surface area contributed by atoms with E-state index < -0.39 is 0 Å². The molecule has 1 aliphatic carbocycles. The topological polar surface area (TPSA) is 0 Å². The smallest absolute Gasteiger partial charge is 0.0101 e. The van der Waals surface area contributed by atoms with Gasteiger partial charge in [-0.05, 0) is 62.7 Å². The molecule has 5 rings (SSSR count). The van der Waals surface area contributed by atoms with Crippen molar-refractivity contribution in [3.63, 3.8) is 0 Å². The van der Waals surface area contributed by atoms with E-state index in [4.69, 9.17) is 0 Å². The van der Waals surface area contributed by atoms with Crippen molar-refractivity contribution >= 4 is 5.57 Å². The fourth-order valence-corrected chi connectivity index (χ4v) is 3.81. The molecule has 0 saturated heterocycles. The third-order valence-electron chi connectivity index (χ3n) is 5.36. The Morgan fingerprint density at radius 1 is 0.414 bits per heavy atom. The van der Waals surface area contributed by atoms with Crippen LogP contribution in [0.2, 0.25) is 0 Å². The quantitative estimate of drug-likeness (QED) is 0.322. The van der Waals surface area contributed by atoms with Crippen LogP contribution in [0.15, 0.2) is 127 Å². The first kappa shape index (κ1) is 17.3. The molecule has 0 heteroatoms. The van der Waals surface area contributed by atoms with Gasteiger partial charge in [-0.25, -0.2) is 0 Å². The molecule has 0 spiro atoms. The molecule has 0 N–H and O–H groups in total. The van der Waals surface area contributed by atoms with Crippen LogP contribution in [-0.4, -0.2) is 0 Å². The highest BCUT2D eigenvalue weighted by Crippen LogP contribution is 2.33. The molecule has 0 atom stereocenters. The molecule has 29 heavy (non-hydrogen) atoms. The Labute approximate surface area is 171 Å². The van der Waals surface area contributed by atoms with Crippen LogP contribution in [0.5, 0.6) is 0 Å². The summed E-state index contributed by atoms with van der Waals surface area (Å²) in [5.74, 6) is 0. The van der Waals surface area contributed by atoms with Gasteiger partial charge in [0.25, 0.3) is 0 Å². The number of hydrogen-bond donors (Lipinski definition) is 0. The summed E-state index contributed by atoms with van der Waals surface area (Å²) in [6.45, 7) is 0. The van der Waals surface area contributed by atoms with Crippen molar-refractivity contribution in [1.82, 2.24) is 0 Å². The zero-order valence-electron chi connectivity index (χ0n) is 16.0. The molecule has 0 aliphatic heterocycles. The van der Waals surface area contributed by atoms with Crippen LogP contribution in [0, 0.1) is 0 Å². The Hall–Kier alpha value is -3.86. The van der Waals surface area contributed by atoms with Crippen molar-refractivity contribution in [2.45, 2.75) is 0 Å². The van der Waals surface area contributed by atoms with E-state index in [2.05, 4.69) is 115 Å². The highest BCUT2D eigenvalue weighted by molar-refractivity contribution is 5.84. The molecule has 0 bridgehead atoms. The van der Waals surface area contributed by atoms with Gasteiger partial charge in [-0.1, -0.05) is 103 Å². The fourth-order valence-electron chi connectivity index (χ4n) is 3.81. The minimum atomic E-state index is 1.21. The van der Waals surface area contributed by atoms with Gasteiger partial charge in [0, 0.05) is 0 Å². The number of benzene rings is 4. The van der Waals surface area contributed by atoms with E-state index in [0.29, 0.717) is 0 Å². The summed E-state index contributed by atoms with van der Waals surface area (Å²) in [6, 6.07) is 36.8. The first-order valence-corrected chi connectivity index (χ1v) is 9.87. The predicted octanol–water partition coefficient (Wildman–Crippen LogP) is 7.80. The maximum atomic E-state index is 3.11. The van der Waals surface area contributed by atoms with Gasteiger partial charge in [-0.15, -0.1) is 5.73 Å². The standard InChI is InChI=1S/C29H20/c1-2-10-26(11-3-1)28-12-6-7-13-29(28)27-20-18-25(19-21-27)24-16-14-23(15-17-24)22-8-4-5-9-22/h1-4,6-21H. The molecule has 0 saturated carbocycles. The minimum absolute atomic E-state index is 1.21. The summed E-state index contributed by atoms with van der Waals surface area (Å²) in [5, 5.41) is 0. The van der Waals surface area contributed by atoms with E-state index in [1.807, 2.05) is 12.2 Å². The summed E-state index contributed by atoms with van der Waals surface area (Å²) in [7, 11) is 0. The summed E-state index contributed by atoms with van der Waals surface area (Å²) in [6.07, 6.45) is 6.07. The van der Waals surface area contributed by atoms with Crippen molar-refractivity contribution in [3.05, 3.63) is 133 Å². The first-order chi connectivity index (χ1) is 14.4. The Balaban J connectivity index is 1.45. The van der Waals surface area contributed by atoms with Crippen LogP contribution >= 0.6 is 0 Å². The molecule has 0 aromatic heterocycles. The van der Waals surface area contributed by atoms with Crippen LogP contribution in [0.4, 0.5) is 0 Å². The molecule has 4 aromatic rings. The second-order valence-corrected chi connectivity index (χ2v) is 7.17. The molecule has 0 unspecified atom stereocenters. The molecule has 0 amide bonds. The van der Waals surface area contributed by atoms with Gasteiger partial charge in [-0.3, -0.25) is 0 Å². The van der Waals surface area contributed by atoms with Crippen LogP contribution in [-0.2, 0) is 0 Å². The molecule has 1 aliphatic rings. The van der Waals surface area contributed by atoms with Crippen molar-refractivity contribution < 1.29 is 0 Å². The van der Waals surface area contributed by atoms with Gasteiger partial charge < -0.3 is 0 Å². The fraction of sp³-hybridized carbons (Fsp3) is 0. The number of rotatable bonds is 4. The van der Waals surface area contributed by atoms with E-state index in [0.717, 1.165) is 0 Å². The number of allylic oxidation sites excluding steroid dienone is 3. The molecule has 4 aromatic carbocycles. The third kappa shape index (κ3) is 3.50. The Morgan fingerprint density at radius 2 is 0.897 bits per heavy atom. The summed E-state index contributed by atoms with van der Waals surface area (Å²) in [4.78, 5) is 0. The average molecular weight is 368 g/mol. The van der Waals surface area contributed by atoms with Crippen molar-refractivity contribution in [2.24, 2.45) is 0 Å². The van der Waals surface area contributed by atoms with Gasteiger partial charge in [0.1, 0.15) is 0 Å². The lowest BCUT2D eigenvalue weighted by Crippen LogP contribution is -1.86. The molecule has 136 valence electrons. The predicted molar refractivity (Wildman–Crippen MR) is 123 cm³/mol. The molecular formula is C29H20. The lowest BCUT2D eigenvalue weighted by atomic mass is 9.93. The maximum Gasteiger partial charge on any atom is -0.0101 e. The molecule has 0 heterocycles. The largest absolute Gasteiger partial charge is 0.120 e. The molecular weight excluding hydrogens is 348 g/mol. The van der Waals surface area contributed by atoms with Crippen LogP contribution in [0.25, 0.3) is 39.0 Å². The van der Waals surface area contributed by atoms with E-state index in [1.54, 1.807) is 0 Å². The van der Waals surface area contributed by atoms with Gasteiger partial charge in [0.15, 0.2) is 0 Å². The maximum absolute atomic E-state index is 3.11. The highest BCUT2D eigenvalue weighted by Gasteiger charge is 2.07. The van der Waals surface area contributed by atoms with E-state index in [1.165, 1.54) is 44.5 Å². The molecule has 0 nitrogen and oxygen atoms in total. The van der Waals surface area contributed by atoms with E-state index >= 15 is 0 Å². The van der Waals surface area contributed by atoms with Gasteiger partial charge in [-0.2, -0.15) is 0 Å². The van der Waals surface area contributed by atoms with Crippen LogP contribution in [0.1, 0.15) is 5.56 Å². The Bertz CT molecular complexity index is 1230. The first-order valence-electron chi connectivity index (χ1n) is 9.87. The average Bonchev–Trinajstić information content (AvgIpc) is 3.35. The van der Waals surface area contributed by atoms with Crippen LogP contribution in [0.3, 0.4) is 0 Å². The Morgan fingerprint density at radius 3 is 1.45 bits per heavy atom. The zero-order chi connectivity index (χ0) is 19.5. The lowest BCUT2D eigenvalue weighted by Gasteiger charge is -2.11. The highest BCUT2D eigenvalue weighted by atomic mass is 14.1. The normalized spacial score (nSPS) is 12.2. The van der Waals surface area contributed by atoms with E-state index in [-0.39, 0.29) is 0 Å². The zero-order valence-corrected chi connectivity index (χ0v) is 16.0. The number of hydrogen-bond acceptors (Lipinski definition) is 0. The summed E-state index contributed by atoms with van der Waals surface area (Å²) in [5.41, 5.74) is 13.0. The van der Waals surface area contributed by atoms with Gasteiger partial charge in [0.05, 0.1) is 0 Å². The molecule has 0 fully saturated rings. The minimum Gasteiger partial charge on any atom is -0.120 e. The lowest BCUT2D eigenvalue weighted by molar-refractivity contribution is 1.56. The SMILES string of the molecule is C1=CC=C(c2ccc(-c3ccc(-c4ccccc4-c4ccccc4)cc3)cc2)C=1. The van der Waals surface area contributed by atoms with Crippen LogP contribution < -0.4 is 0 Å². The molecule has 0 radical (unpaired) electrons. The summed E-state index contributed by atoms with van der Waals surface area (Å²) >= 11 is 0. The monoisotopic (exact) mass is 368 g/mol. The Kier molecular flexibility index (Phi) is 4.54. The van der Waals surface area contributed by atoms with Crippen molar-refractivity contribution in [2.75, 3.05) is 0 Å². The second-order valence-electron chi connectivity index (χ2n) is 7.17.